The zero-order valence-electron chi connectivity index (χ0n) is 24.5. The van der Waals surface area contributed by atoms with Crippen molar-refractivity contribution in [1.82, 2.24) is 15.5 Å². The van der Waals surface area contributed by atoms with Crippen molar-refractivity contribution < 1.29 is 24.3 Å². The van der Waals surface area contributed by atoms with Gasteiger partial charge in [0.15, 0.2) is 0 Å². The molecule has 3 unspecified atom stereocenters. The summed E-state index contributed by atoms with van der Waals surface area (Å²) in [7, 11) is 1.46. The van der Waals surface area contributed by atoms with Gasteiger partial charge < -0.3 is 32.1 Å². The second-order valence-electron chi connectivity index (χ2n) is 10.8. The fraction of sp³-hybridized carbons (Fsp3) is 0.235. The third-order valence-corrected chi connectivity index (χ3v) is 7.31. The van der Waals surface area contributed by atoms with Crippen LogP contribution < -0.4 is 22.1 Å². The fourth-order valence-corrected chi connectivity index (χ4v) is 4.95. The molecule has 3 atom stereocenters. The van der Waals surface area contributed by atoms with Crippen molar-refractivity contribution in [3.63, 3.8) is 0 Å². The highest BCUT2D eigenvalue weighted by atomic mass is 16.3. The van der Waals surface area contributed by atoms with Crippen LogP contribution in [0.4, 0.5) is 0 Å². The molecule has 0 bridgehead atoms. The van der Waals surface area contributed by atoms with E-state index in [1.165, 1.54) is 24.1 Å². The van der Waals surface area contributed by atoms with Gasteiger partial charge in [0.2, 0.25) is 23.6 Å². The van der Waals surface area contributed by atoms with Crippen molar-refractivity contribution in [3.05, 3.63) is 114 Å². The Hall–Kier alpha value is -5.22. The molecule has 0 aliphatic carbocycles. The van der Waals surface area contributed by atoms with E-state index in [9.17, 15) is 24.3 Å². The number of likely N-dealkylation sites (N-methyl/N-ethyl adjacent to an activating group) is 1. The first-order valence-corrected chi connectivity index (χ1v) is 14.3. The van der Waals surface area contributed by atoms with Crippen molar-refractivity contribution in [3.8, 4) is 5.75 Å². The Kier molecular flexibility index (Phi) is 10.7. The molecule has 4 rings (SSSR count). The second-order valence-corrected chi connectivity index (χ2v) is 10.8. The molecule has 10 heteroatoms. The van der Waals surface area contributed by atoms with E-state index in [1.807, 2.05) is 72.8 Å². The van der Waals surface area contributed by atoms with E-state index in [1.54, 1.807) is 12.1 Å². The molecule has 10 nitrogen and oxygen atoms in total. The maximum absolute atomic E-state index is 13.5. The second kappa shape index (κ2) is 14.8. The smallest absolute Gasteiger partial charge is 0.243 e. The molecule has 0 heterocycles. The van der Waals surface area contributed by atoms with E-state index in [2.05, 4.69) is 10.6 Å². The maximum atomic E-state index is 13.5. The Bertz CT molecular complexity index is 1610. The van der Waals surface area contributed by atoms with Gasteiger partial charge in [-0.3, -0.25) is 19.2 Å². The van der Waals surface area contributed by atoms with Crippen LogP contribution in [-0.4, -0.2) is 65.4 Å². The number of hydrogen-bond acceptors (Lipinski definition) is 6. The zero-order chi connectivity index (χ0) is 31.6. The van der Waals surface area contributed by atoms with Gasteiger partial charge in [0, 0.05) is 19.9 Å². The average Bonchev–Trinajstić information content (AvgIpc) is 3.01. The number of rotatable bonds is 13. The lowest BCUT2D eigenvalue weighted by atomic mass is 10.00. The standard InChI is InChI=1S/C34H37N5O5/c1-39(34(44)28(35)18-23-12-15-27(40)16-13-23)21-31(41)37-30(19-22-7-3-2-4-8-22)33(43)38-29(32(36)42)20-24-11-14-25-9-5-6-10-26(25)17-24/h2-17,28-30,40H,18-21,35H2,1H3,(H2,36,42)(H,37,41)(H,38,43). The van der Waals surface area contributed by atoms with Crippen LogP contribution in [0.3, 0.4) is 0 Å². The molecule has 0 spiro atoms. The molecule has 0 aliphatic rings. The predicted molar refractivity (Wildman–Crippen MR) is 168 cm³/mol. The number of nitrogens with two attached hydrogens (primary N) is 2. The van der Waals surface area contributed by atoms with Crippen LogP contribution in [0.5, 0.6) is 5.75 Å². The highest BCUT2D eigenvalue weighted by Crippen LogP contribution is 2.17. The quantitative estimate of drug-likeness (QED) is 0.158. The Morgan fingerprint density at radius 2 is 1.32 bits per heavy atom. The van der Waals surface area contributed by atoms with Crippen LogP contribution in [-0.2, 0) is 38.4 Å². The summed E-state index contributed by atoms with van der Waals surface area (Å²) in [6.45, 7) is -0.336. The van der Waals surface area contributed by atoms with E-state index in [4.69, 9.17) is 11.5 Å². The number of carbonyl (C=O) groups excluding carboxylic acids is 4. The van der Waals surface area contributed by atoms with E-state index in [-0.39, 0.29) is 31.6 Å². The van der Waals surface area contributed by atoms with Crippen LogP contribution in [0.1, 0.15) is 16.7 Å². The minimum Gasteiger partial charge on any atom is -0.508 e. The zero-order valence-corrected chi connectivity index (χ0v) is 24.5. The lowest BCUT2D eigenvalue weighted by Crippen LogP contribution is -2.56. The summed E-state index contributed by atoms with van der Waals surface area (Å²) in [6.07, 6.45) is 0.543. The number of primary amides is 1. The number of aromatic hydroxyl groups is 1. The lowest BCUT2D eigenvalue weighted by molar-refractivity contribution is -0.137. The van der Waals surface area contributed by atoms with Gasteiger partial charge in [-0.05, 0) is 46.0 Å². The third kappa shape index (κ3) is 8.89. The van der Waals surface area contributed by atoms with E-state index in [0.717, 1.165) is 27.5 Å². The van der Waals surface area contributed by atoms with Crippen LogP contribution in [0.25, 0.3) is 10.8 Å². The average molecular weight is 596 g/mol. The molecule has 0 fully saturated rings. The van der Waals surface area contributed by atoms with Crippen LogP contribution in [0.15, 0.2) is 97.1 Å². The monoisotopic (exact) mass is 595 g/mol. The van der Waals surface area contributed by atoms with Gasteiger partial charge in [0.25, 0.3) is 0 Å². The number of hydrogen-bond donors (Lipinski definition) is 5. The summed E-state index contributed by atoms with van der Waals surface area (Å²) < 4.78 is 0. The Balaban J connectivity index is 1.42. The van der Waals surface area contributed by atoms with Gasteiger partial charge in [-0.1, -0.05) is 84.9 Å². The van der Waals surface area contributed by atoms with Gasteiger partial charge in [-0.15, -0.1) is 0 Å². The molecular formula is C34H37N5O5. The number of carbonyl (C=O) groups is 4. The first-order valence-electron chi connectivity index (χ1n) is 14.3. The number of fused-ring (bicyclic) bond motifs is 1. The molecule has 44 heavy (non-hydrogen) atoms. The molecule has 7 N–H and O–H groups in total. The van der Waals surface area contributed by atoms with Crippen LogP contribution >= 0.6 is 0 Å². The molecule has 0 saturated heterocycles. The van der Waals surface area contributed by atoms with Gasteiger partial charge in [-0.2, -0.15) is 0 Å². The molecule has 0 radical (unpaired) electrons. The first-order chi connectivity index (χ1) is 21.1. The molecule has 4 aromatic rings. The highest BCUT2D eigenvalue weighted by Gasteiger charge is 2.28. The molecule has 4 amide bonds. The Labute approximate surface area is 256 Å². The molecule has 0 saturated carbocycles. The minimum absolute atomic E-state index is 0.104. The van der Waals surface area contributed by atoms with Gasteiger partial charge in [-0.25, -0.2) is 0 Å². The van der Waals surface area contributed by atoms with Gasteiger partial charge >= 0.3 is 0 Å². The number of amides is 4. The number of nitrogens with one attached hydrogen (secondary N) is 2. The maximum Gasteiger partial charge on any atom is 0.243 e. The molecule has 228 valence electrons. The molecule has 0 aromatic heterocycles. The molecular weight excluding hydrogens is 558 g/mol. The van der Waals surface area contributed by atoms with E-state index in [0.29, 0.717) is 0 Å². The summed E-state index contributed by atoms with van der Waals surface area (Å²) >= 11 is 0. The third-order valence-electron chi connectivity index (χ3n) is 7.31. The Morgan fingerprint density at radius 1 is 0.727 bits per heavy atom. The molecule has 0 aliphatic heterocycles. The lowest BCUT2D eigenvalue weighted by Gasteiger charge is -2.25. The predicted octanol–water partition coefficient (Wildman–Crippen LogP) is 1.81. The topological polar surface area (TPSA) is 168 Å². The summed E-state index contributed by atoms with van der Waals surface area (Å²) in [5.41, 5.74) is 14.1. The van der Waals surface area contributed by atoms with Crippen LogP contribution in [0, 0.1) is 0 Å². The number of phenolic OH excluding ortho intramolecular Hbond substituents is 1. The van der Waals surface area contributed by atoms with Crippen molar-refractivity contribution in [2.24, 2.45) is 11.5 Å². The Morgan fingerprint density at radius 3 is 2.00 bits per heavy atom. The summed E-state index contributed by atoms with van der Waals surface area (Å²) in [6, 6.07) is 26.1. The normalized spacial score (nSPS) is 13.0. The van der Waals surface area contributed by atoms with Gasteiger partial charge in [0.1, 0.15) is 17.8 Å². The highest BCUT2D eigenvalue weighted by molar-refractivity contribution is 5.93. The van der Waals surface area contributed by atoms with E-state index < -0.39 is 41.8 Å². The van der Waals surface area contributed by atoms with Crippen molar-refractivity contribution >= 4 is 34.4 Å². The number of phenols is 1. The van der Waals surface area contributed by atoms with Crippen molar-refractivity contribution in [2.75, 3.05) is 13.6 Å². The first kappa shape index (κ1) is 31.7. The van der Waals surface area contributed by atoms with Crippen molar-refractivity contribution in [1.29, 1.82) is 0 Å². The molecule has 4 aromatic carbocycles. The minimum atomic E-state index is -1.04. The van der Waals surface area contributed by atoms with Crippen molar-refractivity contribution in [2.45, 2.75) is 37.4 Å². The van der Waals surface area contributed by atoms with Gasteiger partial charge in [0.05, 0.1) is 12.6 Å². The SMILES string of the molecule is CN(CC(=O)NC(Cc1ccccc1)C(=O)NC(Cc1ccc2ccccc2c1)C(N)=O)C(=O)C(N)Cc1ccc(O)cc1. The van der Waals surface area contributed by atoms with Crippen LogP contribution in [0.2, 0.25) is 0 Å². The van der Waals surface area contributed by atoms with E-state index >= 15 is 0 Å². The summed E-state index contributed by atoms with van der Waals surface area (Å²) in [5, 5.41) is 16.9. The fourth-order valence-electron chi connectivity index (χ4n) is 4.95. The summed E-state index contributed by atoms with van der Waals surface area (Å²) in [5.74, 6) is -2.21. The number of benzene rings is 4. The number of nitrogens with zero attached hydrogens (tertiary/aromatic N) is 1. The summed E-state index contributed by atoms with van der Waals surface area (Å²) in [4.78, 5) is 53.0. The largest absolute Gasteiger partial charge is 0.508 e.